The molecule has 0 radical (unpaired) electrons. The van der Waals surface area contributed by atoms with Crippen molar-refractivity contribution in [2.45, 2.75) is 39.3 Å². The third kappa shape index (κ3) is 3.92. The number of fused-ring (bicyclic) bond motifs is 4. The van der Waals surface area contributed by atoms with Gasteiger partial charge >= 0.3 is 6.18 Å². The zero-order valence-corrected chi connectivity index (χ0v) is 19.0. The average Bonchev–Trinajstić information content (AvgIpc) is 3.17. The summed E-state index contributed by atoms with van der Waals surface area (Å²) in [4.78, 5) is 6.19. The first-order chi connectivity index (χ1) is 16.6. The van der Waals surface area contributed by atoms with Crippen molar-refractivity contribution in [1.29, 1.82) is 0 Å². The zero-order valence-electron chi connectivity index (χ0n) is 19.0. The number of nitrogens with zero attached hydrogens (tertiary/aromatic N) is 5. The van der Waals surface area contributed by atoms with E-state index in [2.05, 4.69) is 15.2 Å². The summed E-state index contributed by atoms with van der Waals surface area (Å²) in [7, 11) is 0. The standard InChI is InChI=1S/C24H22F5N5O/c1-23(2,24(27,28)29)10-9-14-5-3-6-17-20(14)35-12-4-11-33(17)21-18-16(8-7-15(25)19(18)26)34-13-30-32-22(34)31-21/h3,5-8,13H,4,9-12H2,1-2H3. The number of alkyl halides is 3. The molecule has 1 aliphatic heterocycles. The van der Waals surface area contributed by atoms with Crippen molar-refractivity contribution in [2.24, 2.45) is 5.41 Å². The summed E-state index contributed by atoms with van der Waals surface area (Å²) in [5, 5.41) is 7.76. The highest BCUT2D eigenvalue weighted by Crippen LogP contribution is 2.44. The maximum Gasteiger partial charge on any atom is 0.393 e. The van der Waals surface area contributed by atoms with E-state index in [0.29, 0.717) is 42.1 Å². The van der Waals surface area contributed by atoms with Gasteiger partial charge in [0.1, 0.15) is 17.9 Å². The first kappa shape index (κ1) is 23.3. The molecule has 0 saturated heterocycles. The van der Waals surface area contributed by atoms with Crippen molar-refractivity contribution in [3.05, 3.63) is 53.9 Å². The molecule has 3 heterocycles. The number of anilines is 2. The van der Waals surface area contributed by atoms with E-state index in [1.54, 1.807) is 23.1 Å². The van der Waals surface area contributed by atoms with E-state index in [9.17, 15) is 17.6 Å². The Hall–Kier alpha value is -3.50. The van der Waals surface area contributed by atoms with Crippen LogP contribution in [0.2, 0.25) is 0 Å². The van der Waals surface area contributed by atoms with Crippen molar-refractivity contribution >= 4 is 28.2 Å². The van der Waals surface area contributed by atoms with Gasteiger partial charge < -0.3 is 9.64 Å². The number of aryl methyl sites for hydroxylation is 1. The van der Waals surface area contributed by atoms with Crippen LogP contribution in [0.4, 0.5) is 33.5 Å². The largest absolute Gasteiger partial charge is 0.491 e. The highest BCUT2D eigenvalue weighted by Gasteiger charge is 2.46. The summed E-state index contributed by atoms with van der Waals surface area (Å²) in [5.41, 5.74) is -0.418. The molecule has 2 aromatic heterocycles. The Morgan fingerprint density at radius 3 is 2.66 bits per heavy atom. The van der Waals surface area contributed by atoms with E-state index in [1.807, 2.05) is 0 Å². The normalized spacial score (nSPS) is 14.8. The number of aromatic nitrogens is 4. The number of hydrogen-bond acceptors (Lipinski definition) is 5. The SMILES string of the molecule is CC(C)(CCc1cccc2c1OCCCN2c1nc2nncn2c2ccc(F)c(F)c12)C(F)(F)F. The van der Waals surface area contributed by atoms with Crippen molar-refractivity contribution in [3.63, 3.8) is 0 Å². The van der Waals surface area contributed by atoms with Gasteiger partial charge in [-0.15, -0.1) is 10.2 Å². The lowest BCUT2D eigenvalue weighted by Crippen LogP contribution is -2.32. The van der Waals surface area contributed by atoms with E-state index in [1.165, 1.54) is 30.6 Å². The monoisotopic (exact) mass is 491 g/mol. The minimum Gasteiger partial charge on any atom is -0.491 e. The second-order valence-corrected chi connectivity index (χ2v) is 9.19. The number of ether oxygens (including phenoxy) is 1. The molecule has 1 aliphatic rings. The highest BCUT2D eigenvalue weighted by molar-refractivity contribution is 5.94. The lowest BCUT2D eigenvalue weighted by atomic mass is 9.85. The lowest BCUT2D eigenvalue weighted by Gasteiger charge is -2.28. The molecule has 0 atom stereocenters. The van der Waals surface area contributed by atoms with Crippen LogP contribution >= 0.6 is 0 Å². The van der Waals surface area contributed by atoms with E-state index in [4.69, 9.17) is 4.74 Å². The summed E-state index contributed by atoms with van der Waals surface area (Å²) in [6.45, 7) is 3.02. The summed E-state index contributed by atoms with van der Waals surface area (Å²) < 4.78 is 77.1. The Labute approximate surface area is 197 Å². The van der Waals surface area contributed by atoms with Crippen LogP contribution < -0.4 is 9.64 Å². The van der Waals surface area contributed by atoms with Crippen LogP contribution in [0.25, 0.3) is 16.7 Å². The molecule has 0 bridgehead atoms. The fraction of sp³-hybridized carbons (Fsp3) is 0.375. The molecule has 35 heavy (non-hydrogen) atoms. The van der Waals surface area contributed by atoms with Crippen LogP contribution in [-0.4, -0.2) is 38.9 Å². The predicted molar refractivity (Wildman–Crippen MR) is 120 cm³/mol. The minimum atomic E-state index is -4.34. The van der Waals surface area contributed by atoms with Gasteiger partial charge in [-0.25, -0.2) is 8.78 Å². The first-order valence-corrected chi connectivity index (χ1v) is 11.1. The van der Waals surface area contributed by atoms with Gasteiger partial charge in [-0.1, -0.05) is 26.0 Å². The molecule has 0 spiro atoms. The third-order valence-corrected chi connectivity index (χ3v) is 6.47. The van der Waals surface area contributed by atoms with Crippen LogP contribution in [0.3, 0.4) is 0 Å². The van der Waals surface area contributed by atoms with Gasteiger partial charge in [0.2, 0.25) is 0 Å². The van der Waals surface area contributed by atoms with Crippen LogP contribution in [0.15, 0.2) is 36.7 Å². The third-order valence-electron chi connectivity index (χ3n) is 6.47. The Morgan fingerprint density at radius 1 is 1.09 bits per heavy atom. The van der Waals surface area contributed by atoms with Crippen LogP contribution in [0.1, 0.15) is 32.3 Å². The molecular weight excluding hydrogens is 469 g/mol. The molecule has 0 saturated carbocycles. The molecule has 5 rings (SSSR count). The summed E-state index contributed by atoms with van der Waals surface area (Å²) >= 11 is 0. The molecular formula is C24H22F5N5O. The van der Waals surface area contributed by atoms with E-state index in [0.717, 1.165) is 6.07 Å². The summed E-state index contributed by atoms with van der Waals surface area (Å²) in [5.74, 6) is -1.33. The number of hydrogen-bond donors (Lipinski definition) is 0. The van der Waals surface area contributed by atoms with Gasteiger partial charge in [-0.05, 0) is 43.0 Å². The zero-order chi connectivity index (χ0) is 25.0. The van der Waals surface area contributed by atoms with Gasteiger partial charge in [-0.2, -0.15) is 18.2 Å². The molecule has 2 aromatic carbocycles. The van der Waals surface area contributed by atoms with Crippen molar-refractivity contribution in [3.8, 4) is 5.75 Å². The fourth-order valence-corrected chi connectivity index (χ4v) is 4.25. The number of para-hydroxylation sites is 1. The molecule has 0 amide bonds. The Bertz CT molecular complexity index is 1420. The number of rotatable bonds is 4. The molecule has 6 nitrogen and oxygen atoms in total. The predicted octanol–water partition coefficient (Wildman–Crippen LogP) is 6.00. The molecule has 0 unspecified atom stereocenters. The van der Waals surface area contributed by atoms with Gasteiger partial charge in [0.15, 0.2) is 11.6 Å². The summed E-state index contributed by atoms with van der Waals surface area (Å²) in [6.07, 6.45) is -2.46. The van der Waals surface area contributed by atoms with Crippen LogP contribution in [0.5, 0.6) is 5.75 Å². The summed E-state index contributed by atoms with van der Waals surface area (Å²) in [6, 6.07) is 7.63. The maximum atomic E-state index is 15.1. The Balaban J connectivity index is 1.65. The van der Waals surface area contributed by atoms with Crippen LogP contribution in [0, 0.1) is 17.0 Å². The molecule has 184 valence electrons. The quantitative estimate of drug-likeness (QED) is 0.328. The molecule has 0 fully saturated rings. The van der Waals surface area contributed by atoms with Gasteiger partial charge in [0.25, 0.3) is 5.78 Å². The van der Waals surface area contributed by atoms with Crippen LogP contribution in [-0.2, 0) is 6.42 Å². The van der Waals surface area contributed by atoms with Gasteiger partial charge in [0.05, 0.1) is 28.6 Å². The topological polar surface area (TPSA) is 55.5 Å². The van der Waals surface area contributed by atoms with Crippen molar-refractivity contribution < 1.29 is 26.7 Å². The van der Waals surface area contributed by atoms with Gasteiger partial charge in [0, 0.05) is 6.54 Å². The van der Waals surface area contributed by atoms with Gasteiger partial charge in [-0.3, -0.25) is 4.40 Å². The highest BCUT2D eigenvalue weighted by atomic mass is 19.4. The maximum absolute atomic E-state index is 15.1. The van der Waals surface area contributed by atoms with Crippen molar-refractivity contribution in [2.75, 3.05) is 18.1 Å². The molecule has 4 aromatic rings. The smallest absolute Gasteiger partial charge is 0.393 e. The molecule has 0 aliphatic carbocycles. The minimum absolute atomic E-state index is 0.0474. The fourth-order valence-electron chi connectivity index (χ4n) is 4.25. The number of benzene rings is 2. The Kier molecular flexibility index (Phi) is 5.52. The first-order valence-electron chi connectivity index (χ1n) is 11.1. The van der Waals surface area contributed by atoms with Crippen molar-refractivity contribution in [1.82, 2.24) is 19.6 Å². The van der Waals surface area contributed by atoms with E-state index >= 15 is 4.39 Å². The lowest BCUT2D eigenvalue weighted by molar-refractivity contribution is -0.213. The molecule has 0 N–H and O–H groups in total. The van der Waals surface area contributed by atoms with E-state index in [-0.39, 0.29) is 29.8 Å². The number of halogens is 5. The Morgan fingerprint density at radius 2 is 1.89 bits per heavy atom. The average molecular weight is 491 g/mol. The van der Waals surface area contributed by atoms with E-state index < -0.39 is 23.2 Å². The second-order valence-electron chi connectivity index (χ2n) is 9.19. The second kappa shape index (κ2) is 8.31. The molecule has 11 heteroatoms.